The fourth-order valence-corrected chi connectivity index (χ4v) is 4.64. The maximum atomic E-state index is 13.0. The van der Waals surface area contributed by atoms with Crippen LogP contribution in [0, 0.1) is 0 Å². The third kappa shape index (κ3) is 5.15. The fraction of sp³-hybridized carbons (Fsp3) is 0.458. The number of rotatable bonds is 7. The third-order valence-electron chi connectivity index (χ3n) is 6.35. The van der Waals surface area contributed by atoms with Gasteiger partial charge >= 0.3 is 6.61 Å². The topological polar surface area (TPSA) is 42.0 Å². The number of alkyl halides is 2. The molecule has 1 unspecified atom stereocenters. The SMILES string of the molecule is COc1ccc(C2CCN(C3CCN(Cc4ccc(OC(F)F)cc4)C3=O)CC2)cc1. The van der Waals surface area contributed by atoms with Crippen molar-refractivity contribution in [3.63, 3.8) is 0 Å². The van der Waals surface area contributed by atoms with Gasteiger partial charge in [-0.05, 0) is 73.7 Å². The van der Waals surface area contributed by atoms with E-state index in [9.17, 15) is 13.6 Å². The van der Waals surface area contributed by atoms with Gasteiger partial charge in [-0.15, -0.1) is 0 Å². The van der Waals surface area contributed by atoms with E-state index in [0.717, 1.165) is 50.2 Å². The Hall–Kier alpha value is -2.67. The third-order valence-corrected chi connectivity index (χ3v) is 6.35. The molecule has 2 fully saturated rings. The first-order chi connectivity index (χ1) is 15.0. The molecule has 0 spiro atoms. The summed E-state index contributed by atoms with van der Waals surface area (Å²) in [6.45, 7) is 0.214. The van der Waals surface area contributed by atoms with Crippen molar-refractivity contribution < 1.29 is 23.0 Å². The summed E-state index contributed by atoms with van der Waals surface area (Å²) < 4.78 is 34.2. The first-order valence-electron chi connectivity index (χ1n) is 10.7. The predicted octanol–water partition coefficient (Wildman–Crippen LogP) is 4.28. The smallest absolute Gasteiger partial charge is 0.387 e. The summed E-state index contributed by atoms with van der Waals surface area (Å²) in [7, 11) is 1.67. The molecule has 31 heavy (non-hydrogen) atoms. The molecule has 2 saturated heterocycles. The molecule has 0 saturated carbocycles. The quantitative estimate of drug-likeness (QED) is 0.658. The molecule has 5 nitrogen and oxygen atoms in total. The van der Waals surface area contributed by atoms with Crippen molar-refractivity contribution in [1.29, 1.82) is 0 Å². The average Bonchev–Trinajstić information content (AvgIpc) is 3.15. The lowest BCUT2D eigenvalue weighted by Gasteiger charge is -2.35. The molecule has 0 bridgehead atoms. The molecule has 7 heteroatoms. The van der Waals surface area contributed by atoms with E-state index < -0.39 is 6.61 Å². The standard InChI is InChI=1S/C24H28F2N2O3/c1-30-20-8-4-18(5-9-20)19-10-13-27(14-11-19)22-12-15-28(23(22)29)16-17-2-6-21(7-3-17)31-24(25)26/h2-9,19,22,24H,10-16H2,1H3. The van der Waals surface area contributed by atoms with Gasteiger partial charge < -0.3 is 14.4 Å². The Bertz CT molecular complexity index is 865. The number of amides is 1. The van der Waals surface area contributed by atoms with Gasteiger partial charge in [-0.2, -0.15) is 8.78 Å². The second kappa shape index (κ2) is 9.64. The van der Waals surface area contributed by atoms with Gasteiger partial charge in [0.05, 0.1) is 13.2 Å². The van der Waals surface area contributed by atoms with Crippen LogP contribution in [0.25, 0.3) is 0 Å². The van der Waals surface area contributed by atoms with Gasteiger partial charge in [-0.25, -0.2) is 0 Å². The minimum absolute atomic E-state index is 0.0572. The fourth-order valence-electron chi connectivity index (χ4n) is 4.64. The highest BCUT2D eigenvalue weighted by Crippen LogP contribution is 2.32. The van der Waals surface area contributed by atoms with Gasteiger partial charge in [0.1, 0.15) is 11.5 Å². The Morgan fingerprint density at radius 1 is 0.935 bits per heavy atom. The van der Waals surface area contributed by atoms with E-state index in [1.165, 1.54) is 17.7 Å². The number of benzene rings is 2. The summed E-state index contributed by atoms with van der Waals surface area (Å²) in [4.78, 5) is 17.2. The lowest BCUT2D eigenvalue weighted by molar-refractivity contribution is -0.133. The number of nitrogens with zero attached hydrogens (tertiary/aromatic N) is 2. The molecular weight excluding hydrogens is 402 g/mol. The lowest BCUT2D eigenvalue weighted by Crippen LogP contribution is -2.45. The molecule has 0 aromatic heterocycles. The van der Waals surface area contributed by atoms with Gasteiger partial charge in [0.15, 0.2) is 0 Å². The molecule has 2 aromatic carbocycles. The highest BCUT2D eigenvalue weighted by molar-refractivity contribution is 5.84. The maximum Gasteiger partial charge on any atom is 0.387 e. The summed E-state index contributed by atoms with van der Waals surface area (Å²) in [5.74, 6) is 1.68. The van der Waals surface area contributed by atoms with Crippen molar-refractivity contribution in [2.24, 2.45) is 0 Å². The minimum atomic E-state index is -2.83. The van der Waals surface area contributed by atoms with Gasteiger partial charge in [0.2, 0.25) is 5.91 Å². The second-order valence-electron chi connectivity index (χ2n) is 8.17. The molecule has 4 rings (SSSR count). The minimum Gasteiger partial charge on any atom is -0.497 e. The van der Waals surface area contributed by atoms with Gasteiger partial charge in [-0.1, -0.05) is 24.3 Å². The highest BCUT2D eigenvalue weighted by atomic mass is 19.3. The summed E-state index contributed by atoms with van der Waals surface area (Å²) >= 11 is 0. The van der Waals surface area contributed by atoms with E-state index in [-0.39, 0.29) is 17.7 Å². The number of ether oxygens (including phenoxy) is 2. The molecule has 2 aliphatic heterocycles. The normalized spacial score (nSPS) is 20.5. The number of hydrogen-bond acceptors (Lipinski definition) is 4. The number of piperidine rings is 1. The summed E-state index contributed by atoms with van der Waals surface area (Å²) in [5.41, 5.74) is 2.24. The van der Waals surface area contributed by atoms with Crippen molar-refractivity contribution in [2.45, 2.75) is 44.4 Å². The van der Waals surface area contributed by atoms with Crippen LogP contribution in [0.4, 0.5) is 8.78 Å². The molecule has 2 aromatic rings. The van der Waals surface area contributed by atoms with E-state index in [4.69, 9.17) is 4.74 Å². The van der Waals surface area contributed by atoms with Crippen LogP contribution >= 0.6 is 0 Å². The zero-order valence-electron chi connectivity index (χ0n) is 17.7. The molecule has 0 aliphatic carbocycles. The Morgan fingerprint density at radius 3 is 2.19 bits per heavy atom. The van der Waals surface area contributed by atoms with Crippen molar-refractivity contribution in [1.82, 2.24) is 9.80 Å². The van der Waals surface area contributed by atoms with E-state index >= 15 is 0 Å². The molecule has 1 amide bonds. The summed E-state index contributed by atoms with van der Waals surface area (Å²) in [6, 6.07) is 14.7. The van der Waals surface area contributed by atoms with Gasteiger partial charge in [0, 0.05) is 13.1 Å². The molecule has 166 valence electrons. The van der Waals surface area contributed by atoms with Crippen molar-refractivity contribution in [3.8, 4) is 11.5 Å². The van der Waals surface area contributed by atoms with E-state index in [0.29, 0.717) is 12.5 Å². The zero-order chi connectivity index (χ0) is 21.8. The zero-order valence-corrected chi connectivity index (χ0v) is 17.7. The predicted molar refractivity (Wildman–Crippen MR) is 113 cm³/mol. The number of likely N-dealkylation sites (tertiary alicyclic amines) is 2. The molecule has 2 aliphatic rings. The molecule has 2 heterocycles. The average molecular weight is 430 g/mol. The largest absolute Gasteiger partial charge is 0.497 e. The number of hydrogen-bond donors (Lipinski definition) is 0. The monoisotopic (exact) mass is 430 g/mol. The van der Waals surface area contributed by atoms with Crippen LogP contribution in [-0.4, -0.2) is 55.1 Å². The highest BCUT2D eigenvalue weighted by Gasteiger charge is 2.37. The molecule has 0 N–H and O–H groups in total. The first-order valence-corrected chi connectivity index (χ1v) is 10.7. The van der Waals surface area contributed by atoms with Crippen LogP contribution in [0.5, 0.6) is 11.5 Å². The van der Waals surface area contributed by atoms with E-state index in [1.807, 2.05) is 17.0 Å². The van der Waals surface area contributed by atoms with E-state index in [1.54, 1.807) is 19.2 Å². The number of carbonyl (C=O) groups excluding carboxylic acids is 1. The summed E-state index contributed by atoms with van der Waals surface area (Å²) in [5, 5.41) is 0. The van der Waals surface area contributed by atoms with Crippen LogP contribution in [0.3, 0.4) is 0 Å². The molecule has 0 radical (unpaired) electrons. The van der Waals surface area contributed by atoms with Gasteiger partial charge in [-0.3, -0.25) is 9.69 Å². The van der Waals surface area contributed by atoms with Crippen molar-refractivity contribution in [2.75, 3.05) is 26.7 Å². The van der Waals surface area contributed by atoms with Crippen molar-refractivity contribution in [3.05, 3.63) is 59.7 Å². The Labute approximate surface area is 181 Å². The Balaban J connectivity index is 1.29. The van der Waals surface area contributed by atoms with Crippen molar-refractivity contribution >= 4 is 5.91 Å². The maximum absolute atomic E-state index is 13.0. The Kier molecular flexibility index (Phi) is 6.70. The number of carbonyl (C=O) groups is 1. The van der Waals surface area contributed by atoms with Gasteiger partial charge in [0.25, 0.3) is 0 Å². The molecular formula is C24H28F2N2O3. The van der Waals surface area contributed by atoms with E-state index in [2.05, 4.69) is 21.8 Å². The Morgan fingerprint density at radius 2 is 1.58 bits per heavy atom. The van der Waals surface area contributed by atoms with Crippen LogP contribution in [0.2, 0.25) is 0 Å². The van der Waals surface area contributed by atoms with Crippen LogP contribution in [0.1, 0.15) is 36.3 Å². The first kappa shape index (κ1) is 21.6. The van der Waals surface area contributed by atoms with Crippen LogP contribution in [0.15, 0.2) is 48.5 Å². The lowest BCUT2D eigenvalue weighted by atomic mass is 9.89. The summed E-state index contributed by atoms with van der Waals surface area (Å²) in [6.07, 6.45) is 2.92. The van der Waals surface area contributed by atoms with Crippen LogP contribution < -0.4 is 9.47 Å². The number of methoxy groups -OCH3 is 1. The van der Waals surface area contributed by atoms with Crippen LogP contribution in [-0.2, 0) is 11.3 Å². The molecule has 1 atom stereocenters. The second-order valence-corrected chi connectivity index (χ2v) is 8.17. The number of halogens is 2.